The van der Waals surface area contributed by atoms with Crippen LogP contribution in [0.1, 0.15) is 16.1 Å². The average molecular weight is 327 g/mol. The number of rotatable bonds is 3. The van der Waals surface area contributed by atoms with Crippen molar-refractivity contribution in [2.24, 2.45) is 0 Å². The lowest BCUT2D eigenvalue weighted by atomic mass is 10.2. The molecule has 1 heterocycles. The van der Waals surface area contributed by atoms with Crippen LogP contribution in [0, 0.1) is 0 Å². The van der Waals surface area contributed by atoms with Gasteiger partial charge < -0.3 is 14.8 Å². The van der Waals surface area contributed by atoms with Crippen molar-refractivity contribution in [1.82, 2.24) is 4.57 Å². The van der Waals surface area contributed by atoms with E-state index < -0.39 is 18.1 Å². The Kier molecular flexibility index (Phi) is 6.13. The summed E-state index contributed by atoms with van der Waals surface area (Å²) in [6.45, 7) is 0. The van der Waals surface area contributed by atoms with Gasteiger partial charge in [-0.3, -0.25) is 0 Å². The SMILES string of the molecule is O=C(O)C(F)(F)F.O=C(O)c1cccn1C=Cc1ccccc1. The molecular weight excluding hydrogens is 315 g/mol. The lowest BCUT2D eigenvalue weighted by Gasteiger charge is -1.98. The third-order valence-corrected chi connectivity index (χ3v) is 2.47. The Morgan fingerprint density at radius 2 is 1.57 bits per heavy atom. The molecule has 23 heavy (non-hydrogen) atoms. The van der Waals surface area contributed by atoms with Crippen molar-refractivity contribution in [3.05, 3.63) is 59.9 Å². The monoisotopic (exact) mass is 327 g/mol. The molecule has 0 aliphatic carbocycles. The first-order chi connectivity index (χ1) is 10.7. The molecule has 0 amide bonds. The molecule has 8 heteroatoms. The van der Waals surface area contributed by atoms with E-state index in [2.05, 4.69) is 0 Å². The maximum absolute atomic E-state index is 10.8. The van der Waals surface area contributed by atoms with E-state index in [1.807, 2.05) is 36.4 Å². The van der Waals surface area contributed by atoms with Crippen LogP contribution in [0.3, 0.4) is 0 Å². The molecule has 1 aromatic carbocycles. The van der Waals surface area contributed by atoms with Crippen molar-refractivity contribution in [1.29, 1.82) is 0 Å². The molecule has 0 saturated heterocycles. The molecule has 122 valence electrons. The summed E-state index contributed by atoms with van der Waals surface area (Å²) in [5.74, 6) is -3.68. The Labute approximate surface area is 128 Å². The first-order valence-electron chi connectivity index (χ1n) is 6.15. The highest BCUT2D eigenvalue weighted by atomic mass is 19.4. The van der Waals surface area contributed by atoms with E-state index in [4.69, 9.17) is 15.0 Å². The van der Waals surface area contributed by atoms with E-state index in [1.54, 1.807) is 29.1 Å². The van der Waals surface area contributed by atoms with E-state index in [9.17, 15) is 18.0 Å². The highest BCUT2D eigenvalue weighted by Crippen LogP contribution is 2.13. The van der Waals surface area contributed by atoms with E-state index in [1.165, 1.54) is 0 Å². The maximum atomic E-state index is 10.8. The molecule has 0 unspecified atom stereocenters. The first-order valence-corrected chi connectivity index (χ1v) is 6.15. The summed E-state index contributed by atoms with van der Waals surface area (Å²) in [6, 6.07) is 13.0. The normalized spacial score (nSPS) is 10.9. The molecule has 0 bridgehead atoms. The van der Waals surface area contributed by atoms with Gasteiger partial charge in [-0.15, -0.1) is 0 Å². The molecule has 0 aliphatic rings. The number of hydrogen-bond acceptors (Lipinski definition) is 2. The Morgan fingerprint density at radius 1 is 1.00 bits per heavy atom. The number of alkyl halides is 3. The smallest absolute Gasteiger partial charge is 0.477 e. The van der Waals surface area contributed by atoms with Crippen molar-refractivity contribution in [2.45, 2.75) is 6.18 Å². The molecule has 2 rings (SSSR count). The number of benzene rings is 1. The topological polar surface area (TPSA) is 79.5 Å². The number of aromatic carboxylic acids is 1. The van der Waals surface area contributed by atoms with Crippen molar-refractivity contribution < 1.29 is 33.0 Å². The van der Waals surface area contributed by atoms with Gasteiger partial charge >= 0.3 is 18.1 Å². The number of carboxylic acids is 2. The quantitative estimate of drug-likeness (QED) is 0.905. The summed E-state index contributed by atoms with van der Waals surface area (Å²) in [4.78, 5) is 19.7. The summed E-state index contributed by atoms with van der Waals surface area (Å²) in [7, 11) is 0. The molecule has 0 atom stereocenters. The summed E-state index contributed by atoms with van der Waals surface area (Å²) in [6.07, 6.45) is 0.230. The zero-order valence-corrected chi connectivity index (χ0v) is 11.6. The molecule has 0 radical (unpaired) electrons. The Morgan fingerprint density at radius 3 is 2.04 bits per heavy atom. The molecule has 2 aromatic rings. The van der Waals surface area contributed by atoms with Crippen LogP contribution in [0.5, 0.6) is 0 Å². The van der Waals surface area contributed by atoms with Gasteiger partial charge in [-0.05, 0) is 23.8 Å². The summed E-state index contributed by atoms with van der Waals surface area (Å²) in [5.41, 5.74) is 1.29. The van der Waals surface area contributed by atoms with E-state index in [-0.39, 0.29) is 5.69 Å². The van der Waals surface area contributed by atoms with E-state index >= 15 is 0 Å². The van der Waals surface area contributed by atoms with Crippen LogP contribution < -0.4 is 0 Å². The van der Waals surface area contributed by atoms with Crippen molar-refractivity contribution in [3.63, 3.8) is 0 Å². The van der Waals surface area contributed by atoms with Gasteiger partial charge in [0.25, 0.3) is 0 Å². The molecule has 0 fully saturated rings. The van der Waals surface area contributed by atoms with Crippen LogP contribution in [-0.4, -0.2) is 32.9 Å². The molecule has 0 spiro atoms. The zero-order valence-electron chi connectivity index (χ0n) is 11.6. The van der Waals surface area contributed by atoms with Gasteiger partial charge in [0.1, 0.15) is 5.69 Å². The third-order valence-electron chi connectivity index (χ3n) is 2.47. The summed E-state index contributed by atoms with van der Waals surface area (Å²) in [5, 5.41) is 16.0. The molecule has 5 nitrogen and oxygen atoms in total. The fourth-order valence-electron chi connectivity index (χ4n) is 1.44. The molecule has 1 aromatic heterocycles. The average Bonchev–Trinajstić information content (AvgIpc) is 2.94. The lowest BCUT2D eigenvalue weighted by molar-refractivity contribution is -0.192. The van der Waals surface area contributed by atoms with E-state index in [0.717, 1.165) is 5.56 Å². The minimum absolute atomic E-state index is 0.257. The number of aliphatic carboxylic acids is 1. The summed E-state index contributed by atoms with van der Waals surface area (Å²) < 4.78 is 33.3. The maximum Gasteiger partial charge on any atom is 0.490 e. The van der Waals surface area contributed by atoms with Gasteiger partial charge in [-0.2, -0.15) is 13.2 Å². The van der Waals surface area contributed by atoms with Crippen molar-refractivity contribution in [3.8, 4) is 0 Å². The standard InChI is InChI=1S/C13H11NO2.C2HF3O2/c15-13(16)12-7-4-9-14(12)10-8-11-5-2-1-3-6-11;3-2(4,5)1(6)7/h1-10H,(H,15,16);(H,6,7). The minimum atomic E-state index is -5.08. The van der Waals surface area contributed by atoms with Gasteiger partial charge in [-0.25, -0.2) is 9.59 Å². The molecule has 2 N–H and O–H groups in total. The fraction of sp³-hybridized carbons (Fsp3) is 0.0667. The number of carbonyl (C=O) groups is 2. The van der Waals surface area contributed by atoms with Gasteiger partial charge in [0.15, 0.2) is 0 Å². The Hall–Kier alpha value is -3.03. The second kappa shape index (κ2) is 7.83. The van der Waals surface area contributed by atoms with Crippen LogP contribution in [0.25, 0.3) is 12.3 Å². The fourth-order valence-corrected chi connectivity index (χ4v) is 1.44. The number of hydrogen-bond donors (Lipinski definition) is 2. The second-order valence-electron chi connectivity index (χ2n) is 4.14. The second-order valence-corrected chi connectivity index (χ2v) is 4.14. The van der Waals surface area contributed by atoms with E-state index in [0.29, 0.717) is 0 Å². The van der Waals surface area contributed by atoms with Gasteiger partial charge in [0, 0.05) is 12.4 Å². The van der Waals surface area contributed by atoms with Crippen LogP contribution in [0.15, 0.2) is 48.7 Å². The summed E-state index contributed by atoms with van der Waals surface area (Å²) >= 11 is 0. The molecular formula is C15H12F3NO4. The Bertz CT molecular complexity index is 690. The third kappa shape index (κ3) is 6.08. The van der Waals surface area contributed by atoms with Crippen LogP contribution in [0.2, 0.25) is 0 Å². The first kappa shape index (κ1) is 18.0. The highest BCUT2D eigenvalue weighted by molar-refractivity contribution is 5.87. The van der Waals surface area contributed by atoms with Crippen LogP contribution >= 0.6 is 0 Å². The lowest BCUT2D eigenvalue weighted by Crippen LogP contribution is -2.21. The number of carboxylic acid groups (broad SMARTS) is 2. The number of halogens is 3. The predicted molar refractivity (Wildman–Crippen MR) is 76.7 cm³/mol. The highest BCUT2D eigenvalue weighted by Gasteiger charge is 2.38. The van der Waals surface area contributed by atoms with Crippen LogP contribution in [0.4, 0.5) is 13.2 Å². The van der Waals surface area contributed by atoms with Crippen molar-refractivity contribution >= 4 is 24.2 Å². The molecule has 0 saturated carbocycles. The van der Waals surface area contributed by atoms with Crippen molar-refractivity contribution in [2.75, 3.05) is 0 Å². The Balaban J connectivity index is 0.000000322. The van der Waals surface area contributed by atoms with Gasteiger partial charge in [0.2, 0.25) is 0 Å². The predicted octanol–water partition coefficient (Wildman–Crippen LogP) is 3.45. The van der Waals surface area contributed by atoms with Crippen LogP contribution in [-0.2, 0) is 4.79 Å². The number of nitrogens with zero attached hydrogens (tertiary/aromatic N) is 1. The minimum Gasteiger partial charge on any atom is -0.477 e. The molecule has 0 aliphatic heterocycles. The number of aromatic nitrogens is 1. The zero-order chi connectivity index (χ0) is 17.5. The van der Waals surface area contributed by atoms with Gasteiger partial charge in [-0.1, -0.05) is 30.3 Å². The largest absolute Gasteiger partial charge is 0.490 e. The van der Waals surface area contributed by atoms with Gasteiger partial charge in [0.05, 0.1) is 0 Å².